The van der Waals surface area contributed by atoms with E-state index in [0.717, 1.165) is 32.2 Å². The minimum absolute atomic E-state index is 0.0946. The molecule has 1 aliphatic heterocycles. The first-order chi connectivity index (χ1) is 7.10. The van der Waals surface area contributed by atoms with Crippen LogP contribution in [0.5, 0.6) is 0 Å². The van der Waals surface area contributed by atoms with Crippen molar-refractivity contribution in [2.24, 2.45) is 0 Å². The van der Waals surface area contributed by atoms with Crippen molar-refractivity contribution in [3.63, 3.8) is 0 Å². The second-order valence-corrected chi connectivity index (χ2v) is 6.88. The first-order valence-electron chi connectivity index (χ1n) is 5.83. The lowest BCUT2D eigenvalue weighted by molar-refractivity contribution is 0.307. The van der Waals surface area contributed by atoms with Gasteiger partial charge in [-0.3, -0.25) is 0 Å². The number of sulfonamides is 1. The van der Waals surface area contributed by atoms with E-state index >= 15 is 0 Å². The van der Waals surface area contributed by atoms with E-state index in [9.17, 15) is 8.42 Å². The minimum atomic E-state index is -3.00. The van der Waals surface area contributed by atoms with Gasteiger partial charge in [0.05, 0.1) is 5.25 Å². The summed E-state index contributed by atoms with van der Waals surface area (Å²) < 4.78 is 26.1. The summed E-state index contributed by atoms with van der Waals surface area (Å²) in [6, 6.07) is 0.287. The zero-order chi connectivity index (χ0) is 10.9. The molecule has 2 rings (SSSR count). The van der Waals surface area contributed by atoms with E-state index in [-0.39, 0.29) is 11.3 Å². The molecule has 0 bridgehead atoms. The number of hydrogen-bond donors (Lipinski definition) is 1. The summed E-state index contributed by atoms with van der Waals surface area (Å²) in [5.74, 6) is 0. The van der Waals surface area contributed by atoms with Gasteiger partial charge in [0, 0.05) is 25.7 Å². The second-order valence-electron chi connectivity index (χ2n) is 4.66. The number of hydrogen-bond acceptors (Lipinski definition) is 3. The predicted molar refractivity (Wildman–Crippen MR) is 60.2 cm³/mol. The summed E-state index contributed by atoms with van der Waals surface area (Å²) in [6.45, 7) is 4.10. The maximum atomic E-state index is 12.2. The minimum Gasteiger partial charge on any atom is -0.312 e. The number of piperazine rings is 1. The Morgan fingerprint density at radius 1 is 1.27 bits per heavy atom. The molecule has 0 radical (unpaired) electrons. The average Bonchev–Trinajstić information content (AvgIpc) is 2.71. The maximum absolute atomic E-state index is 12.2. The van der Waals surface area contributed by atoms with Crippen LogP contribution in [0.1, 0.15) is 32.6 Å². The first-order valence-corrected chi connectivity index (χ1v) is 7.33. The van der Waals surface area contributed by atoms with Gasteiger partial charge in [0.15, 0.2) is 0 Å². The molecule has 0 aromatic rings. The monoisotopic (exact) mass is 232 g/mol. The van der Waals surface area contributed by atoms with Crippen molar-refractivity contribution in [3.05, 3.63) is 0 Å². The van der Waals surface area contributed by atoms with Gasteiger partial charge in [0.25, 0.3) is 0 Å². The number of nitrogens with one attached hydrogen (secondary N) is 1. The molecule has 0 amide bonds. The Morgan fingerprint density at radius 2 is 1.93 bits per heavy atom. The van der Waals surface area contributed by atoms with E-state index in [1.54, 1.807) is 4.31 Å². The Labute approximate surface area is 92.1 Å². The summed E-state index contributed by atoms with van der Waals surface area (Å²) in [4.78, 5) is 0. The van der Waals surface area contributed by atoms with Gasteiger partial charge in [-0.2, -0.15) is 4.31 Å². The Hall–Kier alpha value is -0.130. The van der Waals surface area contributed by atoms with E-state index in [2.05, 4.69) is 5.32 Å². The zero-order valence-electron chi connectivity index (χ0n) is 9.28. The summed E-state index contributed by atoms with van der Waals surface area (Å²) >= 11 is 0. The molecule has 0 unspecified atom stereocenters. The fourth-order valence-corrected chi connectivity index (χ4v) is 4.65. The molecular weight excluding hydrogens is 212 g/mol. The molecule has 0 spiro atoms. The first kappa shape index (κ1) is 11.4. The molecule has 15 heavy (non-hydrogen) atoms. The SMILES string of the molecule is C[C@@H]1CN(S(=O)(=O)C2CCCC2)CCN1. The van der Waals surface area contributed by atoms with Gasteiger partial charge in [-0.25, -0.2) is 8.42 Å². The second kappa shape index (κ2) is 4.39. The normalized spacial score (nSPS) is 30.9. The molecule has 4 nitrogen and oxygen atoms in total. The molecule has 1 saturated heterocycles. The van der Waals surface area contributed by atoms with Crippen molar-refractivity contribution in [1.29, 1.82) is 0 Å². The van der Waals surface area contributed by atoms with Crippen molar-refractivity contribution < 1.29 is 8.42 Å². The quantitative estimate of drug-likeness (QED) is 0.756. The van der Waals surface area contributed by atoms with Gasteiger partial charge in [0.1, 0.15) is 0 Å². The predicted octanol–water partition coefficient (Wildman–Crippen LogP) is 0.552. The van der Waals surface area contributed by atoms with Gasteiger partial charge < -0.3 is 5.32 Å². The van der Waals surface area contributed by atoms with Gasteiger partial charge in [-0.1, -0.05) is 12.8 Å². The highest BCUT2D eigenvalue weighted by Crippen LogP contribution is 2.27. The molecule has 2 aliphatic rings. The van der Waals surface area contributed by atoms with Crippen LogP contribution in [0, 0.1) is 0 Å². The Balaban J connectivity index is 2.07. The van der Waals surface area contributed by atoms with E-state index in [4.69, 9.17) is 0 Å². The Kier molecular flexibility index (Phi) is 3.33. The molecule has 1 heterocycles. The zero-order valence-corrected chi connectivity index (χ0v) is 10.1. The third-order valence-corrected chi connectivity index (χ3v) is 5.78. The third-order valence-electron chi connectivity index (χ3n) is 3.41. The van der Waals surface area contributed by atoms with Crippen LogP contribution < -0.4 is 5.32 Å². The lowest BCUT2D eigenvalue weighted by Crippen LogP contribution is -2.53. The van der Waals surface area contributed by atoms with E-state index < -0.39 is 10.0 Å². The van der Waals surface area contributed by atoms with Gasteiger partial charge in [-0.15, -0.1) is 0 Å². The van der Waals surface area contributed by atoms with Crippen LogP contribution in [0.25, 0.3) is 0 Å². The summed E-state index contributed by atoms with van der Waals surface area (Å²) in [6.07, 6.45) is 3.87. The van der Waals surface area contributed by atoms with Crippen molar-refractivity contribution in [1.82, 2.24) is 9.62 Å². The third kappa shape index (κ3) is 2.34. The van der Waals surface area contributed by atoms with E-state index in [1.807, 2.05) is 6.92 Å². The standard InChI is InChI=1S/C10H20N2O2S/c1-9-8-12(7-6-11-9)15(13,14)10-4-2-3-5-10/h9-11H,2-8H2,1H3/t9-/m1/s1. The molecule has 0 aromatic carbocycles. The van der Waals surface area contributed by atoms with Crippen LogP contribution in [0.3, 0.4) is 0 Å². The molecule has 1 atom stereocenters. The van der Waals surface area contributed by atoms with Crippen LogP contribution in [0.2, 0.25) is 0 Å². The molecule has 2 fully saturated rings. The van der Waals surface area contributed by atoms with E-state index in [1.165, 1.54) is 0 Å². The molecular formula is C10H20N2O2S. The van der Waals surface area contributed by atoms with Gasteiger partial charge in [-0.05, 0) is 19.8 Å². The molecule has 5 heteroatoms. The summed E-state index contributed by atoms with van der Waals surface area (Å²) in [5, 5.41) is 3.17. The molecule has 1 N–H and O–H groups in total. The fraction of sp³-hybridized carbons (Fsp3) is 1.00. The highest BCUT2D eigenvalue weighted by atomic mass is 32.2. The van der Waals surface area contributed by atoms with Crippen molar-refractivity contribution in [3.8, 4) is 0 Å². The topological polar surface area (TPSA) is 49.4 Å². The van der Waals surface area contributed by atoms with Crippen molar-refractivity contribution in [2.75, 3.05) is 19.6 Å². The van der Waals surface area contributed by atoms with Crippen LogP contribution in [0.15, 0.2) is 0 Å². The van der Waals surface area contributed by atoms with Crippen LogP contribution in [-0.2, 0) is 10.0 Å². The van der Waals surface area contributed by atoms with Crippen LogP contribution >= 0.6 is 0 Å². The fourth-order valence-electron chi connectivity index (χ4n) is 2.53. The Morgan fingerprint density at radius 3 is 2.53 bits per heavy atom. The van der Waals surface area contributed by atoms with Gasteiger partial charge in [0.2, 0.25) is 10.0 Å². The lowest BCUT2D eigenvalue weighted by Gasteiger charge is -2.32. The maximum Gasteiger partial charge on any atom is 0.217 e. The van der Waals surface area contributed by atoms with Crippen molar-refractivity contribution >= 4 is 10.0 Å². The highest BCUT2D eigenvalue weighted by molar-refractivity contribution is 7.89. The van der Waals surface area contributed by atoms with Gasteiger partial charge >= 0.3 is 0 Å². The summed E-state index contributed by atoms with van der Waals surface area (Å²) in [5.41, 5.74) is 0. The van der Waals surface area contributed by atoms with Crippen LogP contribution in [-0.4, -0.2) is 43.6 Å². The number of rotatable bonds is 2. The molecule has 88 valence electrons. The largest absolute Gasteiger partial charge is 0.312 e. The number of nitrogens with zero attached hydrogens (tertiary/aromatic N) is 1. The highest BCUT2D eigenvalue weighted by Gasteiger charge is 2.35. The van der Waals surface area contributed by atoms with E-state index in [0.29, 0.717) is 13.1 Å². The lowest BCUT2D eigenvalue weighted by atomic mass is 10.3. The Bertz CT molecular complexity index is 309. The average molecular weight is 232 g/mol. The summed E-state index contributed by atoms with van der Waals surface area (Å²) in [7, 11) is -3.00. The molecule has 1 aliphatic carbocycles. The molecule has 1 saturated carbocycles. The van der Waals surface area contributed by atoms with Crippen LogP contribution in [0.4, 0.5) is 0 Å². The van der Waals surface area contributed by atoms with Crippen molar-refractivity contribution in [2.45, 2.75) is 43.9 Å². The molecule has 0 aromatic heterocycles. The smallest absolute Gasteiger partial charge is 0.217 e.